The van der Waals surface area contributed by atoms with Crippen LogP contribution in [0.3, 0.4) is 0 Å². The van der Waals surface area contributed by atoms with Crippen LogP contribution >= 0.6 is 12.4 Å². The molecule has 3 nitrogen and oxygen atoms in total. The van der Waals surface area contributed by atoms with Crippen LogP contribution in [-0.2, 0) is 13.2 Å². The lowest BCUT2D eigenvalue weighted by Crippen LogP contribution is -2.07. The molecule has 0 fully saturated rings. The number of ether oxygens (including phenoxy) is 1. The largest absolute Gasteiger partial charge is 0.487 e. The van der Waals surface area contributed by atoms with Crippen LogP contribution in [-0.4, -0.2) is 9.55 Å². The number of aromatic nitrogens is 2. The minimum atomic E-state index is 0. The lowest BCUT2D eigenvalue weighted by atomic mass is 10.1. The maximum absolute atomic E-state index is 6.06. The van der Waals surface area contributed by atoms with E-state index in [1.165, 1.54) is 38.9 Å². The summed E-state index contributed by atoms with van der Waals surface area (Å²) in [5.41, 5.74) is 8.60. The molecule has 150 valence electrons. The highest BCUT2D eigenvalue weighted by Crippen LogP contribution is 2.29. The van der Waals surface area contributed by atoms with Gasteiger partial charge in [-0.25, -0.2) is 0 Å². The second-order valence-electron chi connectivity index (χ2n) is 7.48. The number of halogens is 1. The molecule has 0 aliphatic rings. The number of fused-ring (bicyclic) bond motifs is 1. The maximum Gasteiger partial charge on any atom is 0.132 e. The van der Waals surface area contributed by atoms with Crippen LogP contribution in [0.5, 0.6) is 5.75 Å². The topological polar surface area (TPSA) is 27.1 Å². The van der Waals surface area contributed by atoms with Gasteiger partial charge in [-0.05, 0) is 62.6 Å². The fourth-order valence-electron chi connectivity index (χ4n) is 3.71. The lowest BCUT2D eigenvalue weighted by Gasteiger charge is -2.13. The smallest absolute Gasteiger partial charge is 0.132 e. The number of hydrogen-bond acceptors (Lipinski definition) is 2. The first-order valence-corrected chi connectivity index (χ1v) is 9.72. The van der Waals surface area contributed by atoms with Crippen LogP contribution < -0.4 is 4.74 Å². The summed E-state index contributed by atoms with van der Waals surface area (Å²) in [6, 6.07) is 18.8. The van der Waals surface area contributed by atoms with Crippen molar-refractivity contribution >= 4 is 23.3 Å². The highest BCUT2D eigenvalue weighted by molar-refractivity contribution is 5.87. The van der Waals surface area contributed by atoms with Crippen molar-refractivity contribution < 1.29 is 4.74 Å². The Kier molecular flexibility index (Phi) is 6.29. The summed E-state index contributed by atoms with van der Waals surface area (Å²) in [5.74, 6) is 0.870. The predicted molar refractivity (Wildman–Crippen MR) is 122 cm³/mol. The van der Waals surface area contributed by atoms with Gasteiger partial charge in [0, 0.05) is 23.8 Å². The third kappa shape index (κ3) is 4.15. The van der Waals surface area contributed by atoms with Gasteiger partial charge in [0.15, 0.2) is 0 Å². The second kappa shape index (κ2) is 8.71. The average Bonchev–Trinajstić information content (AvgIpc) is 2.95. The van der Waals surface area contributed by atoms with Crippen molar-refractivity contribution in [2.45, 2.75) is 40.8 Å². The molecule has 0 aliphatic carbocycles. The van der Waals surface area contributed by atoms with Gasteiger partial charge in [0.25, 0.3) is 0 Å². The number of rotatable bonds is 5. The van der Waals surface area contributed by atoms with E-state index >= 15 is 0 Å². The normalized spacial score (nSPS) is 10.8. The molecule has 0 amide bonds. The van der Waals surface area contributed by atoms with Crippen LogP contribution in [0.25, 0.3) is 10.9 Å². The monoisotopic (exact) mass is 406 g/mol. The molecule has 0 aliphatic heterocycles. The lowest BCUT2D eigenvalue weighted by molar-refractivity contribution is 0.302. The molecule has 0 bridgehead atoms. The van der Waals surface area contributed by atoms with E-state index in [0.717, 1.165) is 18.0 Å². The van der Waals surface area contributed by atoms with Crippen LogP contribution in [0.1, 0.15) is 33.6 Å². The fourth-order valence-corrected chi connectivity index (χ4v) is 3.71. The molecular formula is C25H27ClN2O. The third-order valence-corrected chi connectivity index (χ3v) is 5.61. The highest BCUT2D eigenvalue weighted by Gasteiger charge is 2.16. The van der Waals surface area contributed by atoms with Crippen molar-refractivity contribution in [2.75, 3.05) is 0 Å². The molecule has 29 heavy (non-hydrogen) atoms. The molecule has 4 aromatic rings. The summed E-state index contributed by atoms with van der Waals surface area (Å²) in [6.07, 6.45) is 1.89. The van der Waals surface area contributed by atoms with E-state index in [2.05, 4.69) is 79.7 Å². The van der Waals surface area contributed by atoms with Gasteiger partial charge in [0.05, 0.1) is 5.52 Å². The SMILES string of the molecule is Cc1ccc(OCc2nccc3c(C)c(C)n(Cc4ccccc4C)c23)cc1.Cl. The van der Waals surface area contributed by atoms with Crippen molar-refractivity contribution in [1.29, 1.82) is 0 Å². The summed E-state index contributed by atoms with van der Waals surface area (Å²) >= 11 is 0. The summed E-state index contributed by atoms with van der Waals surface area (Å²) < 4.78 is 8.44. The zero-order valence-corrected chi connectivity index (χ0v) is 18.2. The number of nitrogens with zero attached hydrogens (tertiary/aromatic N) is 2. The van der Waals surface area contributed by atoms with Gasteiger partial charge >= 0.3 is 0 Å². The summed E-state index contributed by atoms with van der Waals surface area (Å²) in [5, 5.41) is 1.25. The zero-order valence-electron chi connectivity index (χ0n) is 17.4. The van der Waals surface area contributed by atoms with Crippen LogP contribution in [0.4, 0.5) is 0 Å². The van der Waals surface area contributed by atoms with Crippen molar-refractivity contribution in [3.05, 3.63) is 94.4 Å². The summed E-state index contributed by atoms with van der Waals surface area (Å²) in [6.45, 7) is 9.93. The minimum Gasteiger partial charge on any atom is -0.487 e. The molecular weight excluding hydrogens is 380 g/mol. The van der Waals surface area contributed by atoms with E-state index in [4.69, 9.17) is 4.74 Å². The van der Waals surface area contributed by atoms with E-state index < -0.39 is 0 Å². The standard InChI is InChI=1S/C25H26N2O.ClH/c1-17-9-11-22(12-10-17)28-16-24-25-23(13-14-26-24)19(3)20(4)27(25)15-21-8-6-5-7-18(21)2;/h5-14H,15-16H2,1-4H3;1H. The van der Waals surface area contributed by atoms with Gasteiger partial charge in [-0.15, -0.1) is 12.4 Å². The van der Waals surface area contributed by atoms with Crippen LogP contribution in [0.15, 0.2) is 60.8 Å². The van der Waals surface area contributed by atoms with Gasteiger partial charge < -0.3 is 9.30 Å². The van der Waals surface area contributed by atoms with Gasteiger partial charge in [-0.3, -0.25) is 4.98 Å². The molecule has 0 N–H and O–H groups in total. The van der Waals surface area contributed by atoms with Gasteiger partial charge in [-0.1, -0.05) is 42.0 Å². The van der Waals surface area contributed by atoms with E-state index in [1.54, 1.807) is 0 Å². The Labute approximate surface area is 178 Å². The third-order valence-electron chi connectivity index (χ3n) is 5.61. The maximum atomic E-state index is 6.06. The van der Waals surface area contributed by atoms with Crippen LogP contribution in [0, 0.1) is 27.7 Å². The Morgan fingerprint density at radius 1 is 0.897 bits per heavy atom. The van der Waals surface area contributed by atoms with Crippen LogP contribution in [0.2, 0.25) is 0 Å². The molecule has 0 saturated heterocycles. The quantitative estimate of drug-likeness (QED) is 0.387. The number of pyridine rings is 1. The number of hydrogen-bond donors (Lipinski definition) is 0. The summed E-state index contributed by atoms with van der Waals surface area (Å²) in [4.78, 5) is 4.67. The fraction of sp³-hybridized carbons (Fsp3) is 0.240. The molecule has 2 heterocycles. The molecule has 0 unspecified atom stereocenters. The van der Waals surface area contributed by atoms with E-state index in [-0.39, 0.29) is 12.4 Å². The average molecular weight is 407 g/mol. The Hall–Kier alpha value is -2.78. The molecule has 4 rings (SSSR count). The van der Waals surface area contributed by atoms with Crippen molar-refractivity contribution in [1.82, 2.24) is 9.55 Å². The number of benzene rings is 2. The Morgan fingerprint density at radius 3 is 2.34 bits per heavy atom. The van der Waals surface area contributed by atoms with E-state index in [1.807, 2.05) is 18.3 Å². The molecule has 4 heteroatoms. The minimum absolute atomic E-state index is 0. The number of aryl methyl sites for hydroxylation is 3. The molecule has 2 aromatic carbocycles. The molecule has 0 atom stereocenters. The zero-order chi connectivity index (χ0) is 19.7. The van der Waals surface area contributed by atoms with Crippen molar-refractivity contribution in [3.63, 3.8) is 0 Å². The summed E-state index contributed by atoms with van der Waals surface area (Å²) in [7, 11) is 0. The first kappa shape index (κ1) is 20.9. The van der Waals surface area contributed by atoms with Gasteiger partial charge in [0.2, 0.25) is 0 Å². The Morgan fingerprint density at radius 2 is 1.62 bits per heavy atom. The molecule has 0 spiro atoms. The van der Waals surface area contributed by atoms with Crippen molar-refractivity contribution in [3.8, 4) is 5.75 Å². The predicted octanol–water partition coefficient (Wildman–Crippen LogP) is 6.32. The van der Waals surface area contributed by atoms with Gasteiger partial charge in [0.1, 0.15) is 18.1 Å². The van der Waals surface area contributed by atoms with Gasteiger partial charge in [-0.2, -0.15) is 0 Å². The molecule has 2 aromatic heterocycles. The van der Waals surface area contributed by atoms with E-state index in [0.29, 0.717) is 6.61 Å². The first-order valence-electron chi connectivity index (χ1n) is 9.72. The second-order valence-corrected chi connectivity index (χ2v) is 7.48. The Balaban J connectivity index is 0.00000240. The van der Waals surface area contributed by atoms with Crippen molar-refractivity contribution in [2.24, 2.45) is 0 Å². The molecule has 0 radical (unpaired) electrons. The van der Waals surface area contributed by atoms with E-state index in [9.17, 15) is 0 Å². The molecule has 0 saturated carbocycles. The Bertz CT molecular complexity index is 1130. The highest BCUT2D eigenvalue weighted by atomic mass is 35.5. The first-order chi connectivity index (χ1) is 13.5.